The molecule has 1 aliphatic carbocycles. The van der Waals surface area contributed by atoms with Crippen LogP contribution in [0.1, 0.15) is 50.4 Å². The Labute approximate surface area is 198 Å². The molecule has 5 rings (SSSR count). The summed E-state index contributed by atoms with van der Waals surface area (Å²) in [5.74, 6) is 1.71. The predicted octanol–water partition coefficient (Wildman–Crippen LogP) is 2.37. The van der Waals surface area contributed by atoms with Gasteiger partial charge in [0.2, 0.25) is 0 Å². The molecular formula is C23H33N9O2. The Hall–Kier alpha value is -3.18. The molecule has 4 heterocycles. The zero-order valence-electron chi connectivity index (χ0n) is 19.8. The number of rotatable bonds is 7. The summed E-state index contributed by atoms with van der Waals surface area (Å²) in [5.41, 5.74) is 2.99. The number of aromatic nitrogens is 5. The number of alkyl carbamates (subject to hydrolysis) is 1. The van der Waals surface area contributed by atoms with Crippen molar-refractivity contribution in [2.75, 3.05) is 31.5 Å². The van der Waals surface area contributed by atoms with Gasteiger partial charge in [-0.3, -0.25) is 10.00 Å². The molecule has 0 radical (unpaired) electrons. The lowest BCUT2D eigenvalue weighted by atomic mass is 10.0. The van der Waals surface area contributed by atoms with Crippen LogP contribution in [0.5, 0.6) is 0 Å². The second-order valence-electron chi connectivity index (χ2n) is 9.44. The van der Waals surface area contributed by atoms with E-state index in [4.69, 9.17) is 9.84 Å². The first-order valence-electron chi connectivity index (χ1n) is 12.1. The maximum absolute atomic E-state index is 11.9. The predicted molar refractivity (Wildman–Crippen MR) is 128 cm³/mol. The van der Waals surface area contributed by atoms with Crippen LogP contribution in [0.15, 0.2) is 24.5 Å². The zero-order valence-corrected chi connectivity index (χ0v) is 19.8. The largest absolute Gasteiger partial charge is 0.446 e. The number of nitrogens with one attached hydrogen (secondary N) is 4. The topological polar surface area (TPSA) is 124 Å². The van der Waals surface area contributed by atoms with E-state index >= 15 is 0 Å². The van der Waals surface area contributed by atoms with Gasteiger partial charge in [-0.25, -0.2) is 14.3 Å². The first kappa shape index (κ1) is 22.6. The summed E-state index contributed by atoms with van der Waals surface area (Å²) in [6, 6.07) is 4.18. The summed E-state index contributed by atoms with van der Waals surface area (Å²) in [6.07, 6.45) is 5.79. The van der Waals surface area contributed by atoms with Crippen LogP contribution in [0.25, 0.3) is 5.52 Å². The minimum Gasteiger partial charge on any atom is -0.446 e. The molecule has 4 N–H and O–H groups in total. The molecule has 1 amide bonds. The Morgan fingerprint density at radius 3 is 2.94 bits per heavy atom. The first-order chi connectivity index (χ1) is 16.5. The van der Waals surface area contributed by atoms with Gasteiger partial charge in [0, 0.05) is 68.8 Å². The Balaban J connectivity index is 1.22. The first-order valence-corrected chi connectivity index (χ1v) is 12.1. The van der Waals surface area contributed by atoms with E-state index in [9.17, 15) is 4.79 Å². The molecular weight excluding hydrogens is 434 g/mol. The minimum atomic E-state index is -0.344. The molecule has 2 atom stereocenters. The quantitative estimate of drug-likeness (QED) is 0.417. The summed E-state index contributed by atoms with van der Waals surface area (Å²) in [4.78, 5) is 18.8. The average Bonchev–Trinajstić information content (AvgIpc) is 3.54. The van der Waals surface area contributed by atoms with Crippen LogP contribution in [0.3, 0.4) is 0 Å². The molecule has 1 aliphatic heterocycles. The van der Waals surface area contributed by atoms with E-state index in [1.54, 1.807) is 6.20 Å². The second-order valence-corrected chi connectivity index (χ2v) is 9.44. The highest BCUT2D eigenvalue weighted by atomic mass is 16.6. The van der Waals surface area contributed by atoms with Gasteiger partial charge in [0.25, 0.3) is 0 Å². The molecule has 0 spiro atoms. The standard InChI is InChI=1S/C23H33N9O2/c1-15(2)26-23(33)34-18-4-3-16(11-18)19-13-21(29-28-19)27-22-20-12-17(30-32(20)10-7-25-22)14-31-8-5-24-6-9-31/h7,10,12-13,15-16,18,24H,3-6,8-9,11,14H2,1-2H3,(H,26,33)(H2,25,27,28,29)/t16-,18+/m0/s1. The molecule has 2 fully saturated rings. The zero-order chi connectivity index (χ0) is 23.5. The fourth-order valence-corrected chi connectivity index (χ4v) is 4.73. The van der Waals surface area contributed by atoms with Gasteiger partial charge in [-0.2, -0.15) is 10.2 Å². The summed E-state index contributed by atoms with van der Waals surface area (Å²) in [7, 11) is 0. The lowest BCUT2D eigenvalue weighted by Crippen LogP contribution is -2.42. The number of carbonyl (C=O) groups excluding carboxylic acids is 1. The maximum Gasteiger partial charge on any atom is 0.407 e. The number of nitrogens with zero attached hydrogens (tertiary/aromatic N) is 5. The highest BCUT2D eigenvalue weighted by Crippen LogP contribution is 2.36. The van der Waals surface area contributed by atoms with Crippen LogP contribution in [0.2, 0.25) is 0 Å². The molecule has 3 aromatic heterocycles. The van der Waals surface area contributed by atoms with E-state index < -0.39 is 0 Å². The Morgan fingerprint density at radius 2 is 2.12 bits per heavy atom. The third-order valence-electron chi connectivity index (χ3n) is 6.38. The van der Waals surface area contributed by atoms with E-state index in [1.165, 1.54) is 0 Å². The van der Waals surface area contributed by atoms with Gasteiger partial charge >= 0.3 is 6.09 Å². The summed E-state index contributed by atoms with van der Waals surface area (Å²) in [5, 5.41) is 21.8. The molecule has 11 nitrogen and oxygen atoms in total. The third-order valence-corrected chi connectivity index (χ3v) is 6.38. The lowest BCUT2D eigenvalue weighted by Gasteiger charge is -2.26. The van der Waals surface area contributed by atoms with Crippen molar-refractivity contribution >= 4 is 23.2 Å². The molecule has 34 heavy (non-hydrogen) atoms. The lowest BCUT2D eigenvalue weighted by molar-refractivity contribution is 0.0981. The number of ether oxygens (including phenoxy) is 1. The number of fused-ring (bicyclic) bond motifs is 1. The number of amides is 1. The number of hydrogen-bond acceptors (Lipinski definition) is 8. The van der Waals surface area contributed by atoms with Crippen molar-refractivity contribution in [1.82, 2.24) is 40.3 Å². The van der Waals surface area contributed by atoms with E-state index in [0.29, 0.717) is 5.82 Å². The van der Waals surface area contributed by atoms with Crippen LogP contribution >= 0.6 is 0 Å². The normalized spacial score (nSPS) is 21.3. The van der Waals surface area contributed by atoms with Crippen molar-refractivity contribution in [3.05, 3.63) is 35.9 Å². The highest BCUT2D eigenvalue weighted by Gasteiger charge is 2.30. The molecule has 0 bridgehead atoms. The molecule has 3 aromatic rings. The Morgan fingerprint density at radius 1 is 1.26 bits per heavy atom. The molecule has 11 heteroatoms. The van der Waals surface area contributed by atoms with Gasteiger partial charge in [-0.05, 0) is 39.2 Å². The van der Waals surface area contributed by atoms with E-state index in [2.05, 4.69) is 42.1 Å². The van der Waals surface area contributed by atoms with Crippen molar-refractivity contribution < 1.29 is 9.53 Å². The number of piperazine rings is 1. The van der Waals surface area contributed by atoms with Gasteiger partial charge in [0.05, 0.1) is 5.69 Å². The van der Waals surface area contributed by atoms with Crippen molar-refractivity contribution in [3.8, 4) is 0 Å². The van der Waals surface area contributed by atoms with Crippen molar-refractivity contribution in [1.29, 1.82) is 0 Å². The number of aromatic amines is 1. The van der Waals surface area contributed by atoms with Crippen LogP contribution in [0, 0.1) is 0 Å². The number of anilines is 2. The van der Waals surface area contributed by atoms with Crippen LogP contribution in [-0.4, -0.2) is 74.1 Å². The molecule has 1 saturated heterocycles. The molecule has 2 aliphatic rings. The molecule has 182 valence electrons. The monoisotopic (exact) mass is 467 g/mol. The van der Waals surface area contributed by atoms with Crippen molar-refractivity contribution in [3.63, 3.8) is 0 Å². The third kappa shape index (κ3) is 5.31. The number of carbonyl (C=O) groups is 1. The van der Waals surface area contributed by atoms with Crippen molar-refractivity contribution in [2.24, 2.45) is 0 Å². The van der Waals surface area contributed by atoms with Gasteiger partial charge < -0.3 is 20.7 Å². The molecule has 1 saturated carbocycles. The smallest absolute Gasteiger partial charge is 0.407 e. The fraction of sp³-hybridized carbons (Fsp3) is 0.565. The molecule has 0 unspecified atom stereocenters. The summed E-state index contributed by atoms with van der Waals surface area (Å²) in [6.45, 7) is 8.76. The van der Waals surface area contributed by atoms with Crippen LogP contribution in [0.4, 0.5) is 16.4 Å². The summed E-state index contributed by atoms with van der Waals surface area (Å²) >= 11 is 0. The fourth-order valence-electron chi connectivity index (χ4n) is 4.73. The van der Waals surface area contributed by atoms with Crippen molar-refractivity contribution in [2.45, 2.75) is 57.7 Å². The van der Waals surface area contributed by atoms with E-state index in [0.717, 1.165) is 74.7 Å². The minimum absolute atomic E-state index is 0.0675. The Kier molecular flexibility index (Phi) is 6.63. The summed E-state index contributed by atoms with van der Waals surface area (Å²) < 4.78 is 7.42. The Bertz CT molecular complexity index is 1120. The van der Waals surface area contributed by atoms with E-state index in [1.807, 2.05) is 30.6 Å². The number of hydrogen-bond donors (Lipinski definition) is 4. The molecule has 0 aromatic carbocycles. The highest BCUT2D eigenvalue weighted by molar-refractivity contribution is 5.72. The van der Waals surface area contributed by atoms with E-state index in [-0.39, 0.29) is 24.2 Å². The van der Waals surface area contributed by atoms with Gasteiger partial charge in [-0.15, -0.1) is 0 Å². The number of H-pyrrole nitrogens is 1. The SMILES string of the molecule is CC(C)NC(=O)O[C@@H]1CC[C@H](c2cc(Nc3nccn4nc(CN5CCNCC5)cc34)n[nH]2)C1. The second kappa shape index (κ2) is 9.98. The van der Waals surface area contributed by atoms with Crippen LogP contribution in [-0.2, 0) is 11.3 Å². The van der Waals surface area contributed by atoms with Gasteiger partial charge in [0.1, 0.15) is 11.6 Å². The van der Waals surface area contributed by atoms with Crippen LogP contribution < -0.4 is 16.0 Å². The van der Waals surface area contributed by atoms with Gasteiger partial charge in [-0.1, -0.05) is 0 Å². The van der Waals surface area contributed by atoms with Gasteiger partial charge in [0.15, 0.2) is 11.6 Å². The maximum atomic E-state index is 11.9. The average molecular weight is 468 g/mol.